The van der Waals surface area contributed by atoms with Crippen LogP contribution < -0.4 is 11.1 Å². The lowest BCUT2D eigenvalue weighted by Crippen LogP contribution is -2.32. The first-order valence-electron chi connectivity index (χ1n) is 7.02. The zero-order valence-electron chi connectivity index (χ0n) is 11.0. The normalized spacial score (nSPS) is 19.9. The van der Waals surface area contributed by atoms with E-state index in [0.29, 0.717) is 6.10 Å². The highest BCUT2D eigenvalue weighted by Gasteiger charge is 2.12. The molecule has 18 heavy (non-hydrogen) atoms. The molecule has 0 aromatic heterocycles. The first-order valence-corrected chi connectivity index (χ1v) is 7.02. The smallest absolute Gasteiger partial charge is 0.0699 e. The van der Waals surface area contributed by atoms with Gasteiger partial charge in [0.1, 0.15) is 0 Å². The predicted molar refractivity (Wildman–Crippen MR) is 75.6 cm³/mol. The third-order valence-electron chi connectivity index (χ3n) is 3.50. The molecule has 1 saturated heterocycles. The Bertz CT molecular complexity index is 348. The molecule has 3 nitrogen and oxygen atoms in total. The first kappa shape index (κ1) is 13.4. The Labute approximate surface area is 110 Å². The molecule has 0 spiro atoms. The number of hydrogen-bond acceptors (Lipinski definition) is 3. The summed E-state index contributed by atoms with van der Waals surface area (Å²) in [6.45, 7) is 2.96. The number of para-hydroxylation sites is 1. The van der Waals surface area contributed by atoms with E-state index in [1.54, 1.807) is 0 Å². The molecule has 0 saturated carbocycles. The number of nitrogens with one attached hydrogen (secondary N) is 1. The molecule has 2 rings (SSSR count). The summed E-state index contributed by atoms with van der Waals surface area (Å²) in [5.74, 6) is 0. The largest absolute Gasteiger partial charge is 0.399 e. The van der Waals surface area contributed by atoms with Gasteiger partial charge >= 0.3 is 0 Å². The Balaban J connectivity index is 1.57. The number of nitrogens with two attached hydrogens (primary N) is 1. The molecule has 1 aromatic carbocycles. The highest BCUT2D eigenvalue weighted by molar-refractivity contribution is 5.46. The summed E-state index contributed by atoms with van der Waals surface area (Å²) < 4.78 is 5.68. The topological polar surface area (TPSA) is 47.3 Å². The van der Waals surface area contributed by atoms with Crippen LogP contribution in [0.4, 0.5) is 5.69 Å². The van der Waals surface area contributed by atoms with Crippen molar-refractivity contribution < 1.29 is 4.74 Å². The van der Waals surface area contributed by atoms with E-state index in [0.717, 1.165) is 38.2 Å². The number of ether oxygens (including phenoxy) is 1. The van der Waals surface area contributed by atoms with Gasteiger partial charge in [0.2, 0.25) is 0 Å². The van der Waals surface area contributed by atoms with Crippen molar-refractivity contribution in [1.29, 1.82) is 0 Å². The van der Waals surface area contributed by atoms with Crippen LogP contribution in [0.3, 0.4) is 0 Å². The van der Waals surface area contributed by atoms with Gasteiger partial charge in [0, 0.05) is 18.8 Å². The van der Waals surface area contributed by atoms with Crippen LogP contribution in [0.2, 0.25) is 0 Å². The van der Waals surface area contributed by atoms with Crippen molar-refractivity contribution in [2.75, 3.05) is 25.4 Å². The van der Waals surface area contributed by atoms with E-state index < -0.39 is 0 Å². The Hall–Kier alpha value is -1.06. The Morgan fingerprint density at radius 1 is 1.28 bits per heavy atom. The second-order valence-corrected chi connectivity index (χ2v) is 5.00. The maximum absolute atomic E-state index is 5.91. The summed E-state index contributed by atoms with van der Waals surface area (Å²) >= 11 is 0. The fraction of sp³-hybridized carbons (Fsp3) is 0.600. The zero-order chi connectivity index (χ0) is 12.6. The molecule has 0 amide bonds. The highest BCUT2D eigenvalue weighted by atomic mass is 16.5. The molecule has 100 valence electrons. The van der Waals surface area contributed by atoms with Crippen LogP contribution in [0.1, 0.15) is 31.2 Å². The summed E-state index contributed by atoms with van der Waals surface area (Å²) in [4.78, 5) is 0. The van der Waals surface area contributed by atoms with E-state index in [2.05, 4.69) is 17.4 Å². The van der Waals surface area contributed by atoms with Crippen LogP contribution in [0.15, 0.2) is 24.3 Å². The minimum Gasteiger partial charge on any atom is -0.399 e. The predicted octanol–water partition coefficient (Wildman–Crippen LogP) is 2.36. The van der Waals surface area contributed by atoms with Crippen molar-refractivity contribution in [1.82, 2.24) is 5.32 Å². The first-order chi connectivity index (χ1) is 8.86. The van der Waals surface area contributed by atoms with Gasteiger partial charge in [-0.05, 0) is 50.3 Å². The lowest BCUT2D eigenvalue weighted by atomic mass is 10.1. The van der Waals surface area contributed by atoms with Gasteiger partial charge in [-0.2, -0.15) is 0 Å². The average molecular weight is 248 g/mol. The number of aryl methyl sites for hydroxylation is 1. The molecule has 1 aliphatic rings. The van der Waals surface area contributed by atoms with Crippen molar-refractivity contribution in [2.45, 2.75) is 38.2 Å². The molecule has 0 radical (unpaired) electrons. The van der Waals surface area contributed by atoms with E-state index in [9.17, 15) is 0 Å². The number of anilines is 1. The van der Waals surface area contributed by atoms with E-state index in [1.165, 1.54) is 24.8 Å². The fourth-order valence-electron chi connectivity index (χ4n) is 2.40. The Morgan fingerprint density at radius 3 is 2.94 bits per heavy atom. The average Bonchev–Trinajstić information content (AvgIpc) is 2.42. The van der Waals surface area contributed by atoms with Crippen molar-refractivity contribution in [3.63, 3.8) is 0 Å². The molecule has 3 N–H and O–H groups in total. The van der Waals surface area contributed by atoms with Crippen molar-refractivity contribution >= 4 is 5.69 Å². The number of hydrogen-bond donors (Lipinski definition) is 2. The fourth-order valence-corrected chi connectivity index (χ4v) is 2.40. The van der Waals surface area contributed by atoms with Crippen LogP contribution in [-0.4, -0.2) is 25.8 Å². The van der Waals surface area contributed by atoms with Gasteiger partial charge in [-0.15, -0.1) is 0 Å². The highest BCUT2D eigenvalue weighted by Crippen LogP contribution is 2.13. The van der Waals surface area contributed by atoms with Gasteiger partial charge in [-0.3, -0.25) is 0 Å². The lowest BCUT2D eigenvalue weighted by molar-refractivity contribution is 0.0170. The molecule has 0 bridgehead atoms. The number of rotatable bonds is 6. The van der Waals surface area contributed by atoms with E-state index in [-0.39, 0.29) is 0 Å². The van der Waals surface area contributed by atoms with Crippen molar-refractivity contribution in [3.8, 4) is 0 Å². The molecule has 0 aliphatic carbocycles. The Kier molecular flexibility index (Phi) is 5.49. The molecule has 1 aromatic rings. The van der Waals surface area contributed by atoms with Gasteiger partial charge in [-0.25, -0.2) is 0 Å². The van der Waals surface area contributed by atoms with Crippen molar-refractivity contribution in [2.24, 2.45) is 0 Å². The van der Waals surface area contributed by atoms with Crippen molar-refractivity contribution in [3.05, 3.63) is 29.8 Å². The lowest BCUT2D eigenvalue weighted by Gasteiger charge is -2.22. The number of benzene rings is 1. The summed E-state index contributed by atoms with van der Waals surface area (Å²) in [7, 11) is 0. The summed E-state index contributed by atoms with van der Waals surface area (Å²) in [6.07, 6.45) is 6.35. The van der Waals surface area contributed by atoms with Crippen LogP contribution in [0.5, 0.6) is 0 Å². The number of nitrogen functional groups attached to an aromatic ring is 1. The summed E-state index contributed by atoms with van der Waals surface area (Å²) in [6, 6.07) is 8.12. The minimum atomic E-state index is 0.431. The maximum atomic E-state index is 5.91. The van der Waals surface area contributed by atoms with Gasteiger partial charge in [0.05, 0.1) is 6.10 Å². The summed E-state index contributed by atoms with van der Waals surface area (Å²) in [5.41, 5.74) is 8.08. The van der Waals surface area contributed by atoms with Crippen LogP contribution >= 0.6 is 0 Å². The van der Waals surface area contributed by atoms with Crippen LogP contribution in [-0.2, 0) is 11.2 Å². The SMILES string of the molecule is Nc1ccccc1CCCNCC1CCCCO1. The molecule has 1 fully saturated rings. The maximum Gasteiger partial charge on any atom is 0.0699 e. The van der Waals surface area contributed by atoms with Crippen LogP contribution in [0.25, 0.3) is 0 Å². The zero-order valence-corrected chi connectivity index (χ0v) is 11.0. The molecule has 1 aliphatic heterocycles. The molecule has 1 heterocycles. The van der Waals surface area contributed by atoms with E-state index in [1.807, 2.05) is 12.1 Å². The third-order valence-corrected chi connectivity index (χ3v) is 3.50. The van der Waals surface area contributed by atoms with Gasteiger partial charge in [0.15, 0.2) is 0 Å². The second kappa shape index (κ2) is 7.39. The minimum absolute atomic E-state index is 0.431. The van der Waals surface area contributed by atoms with Crippen LogP contribution in [0, 0.1) is 0 Å². The van der Waals surface area contributed by atoms with E-state index in [4.69, 9.17) is 10.5 Å². The molecule has 3 heteroatoms. The third kappa shape index (κ3) is 4.31. The van der Waals surface area contributed by atoms with Gasteiger partial charge in [-0.1, -0.05) is 18.2 Å². The standard InChI is InChI=1S/C15H24N2O/c16-15-9-2-1-6-13(15)7-5-10-17-12-14-8-3-4-11-18-14/h1-2,6,9,14,17H,3-5,7-8,10-12,16H2. The molecular weight excluding hydrogens is 224 g/mol. The van der Waals surface area contributed by atoms with E-state index >= 15 is 0 Å². The second-order valence-electron chi connectivity index (χ2n) is 5.00. The van der Waals surface area contributed by atoms with Gasteiger partial charge < -0.3 is 15.8 Å². The quantitative estimate of drug-likeness (QED) is 0.600. The Morgan fingerprint density at radius 2 is 2.17 bits per heavy atom. The molecule has 1 unspecified atom stereocenters. The van der Waals surface area contributed by atoms with Gasteiger partial charge in [0.25, 0.3) is 0 Å². The molecular formula is C15H24N2O. The summed E-state index contributed by atoms with van der Waals surface area (Å²) in [5, 5.41) is 3.48. The monoisotopic (exact) mass is 248 g/mol. The molecule has 1 atom stereocenters.